The van der Waals surface area contributed by atoms with Crippen LogP contribution in [0, 0.1) is 5.92 Å². The molecule has 0 spiro atoms. The first-order valence-electron chi connectivity index (χ1n) is 7.56. The normalized spacial score (nSPS) is 22.9. The Morgan fingerprint density at radius 2 is 2.24 bits per heavy atom. The fourth-order valence-electron chi connectivity index (χ4n) is 2.85. The maximum absolute atomic E-state index is 4.30. The maximum atomic E-state index is 4.30. The molecule has 2 fully saturated rings. The third-order valence-corrected chi connectivity index (χ3v) is 5.05. The molecular weight excluding hydrogens is 395 g/mol. The summed E-state index contributed by atoms with van der Waals surface area (Å²) in [6.45, 7) is 4.45. The summed E-state index contributed by atoms with van der Waals surface area (Å²) in [6.07, 6.45) is 4.17. The van der Waals surface area contributed by atoms with E-state index >= 15 is 0 Å². The number of halogens is 1. The second-order valence-electron chi connectivity index (χ2n) is 5.77. The van der Waals surface area contributed by atoms with Gasteiger partial charge in [-0.1, -0.05) is 6.07 Å². The summed E-state index contributed by atoms with van der Waals surface area (Å²) in [5, 5.41) is 8.96. The molecule has 1 aromatic rings. The van der Waals surface area contributed by atoms with Gasteiger partial charge in [0.15, 0.2) is 5.96 Å². The van der Waals surface area contributed by atoms with Crippen LogP contribution < -0.4 is 10.6 Å². The van der Waals surface area contributed by atoms with Crippen molar-refractivity contribution in [3.63, 3.8) is 0 Å². The number of hydrogen-bond donors (Lipinski definition) is 2. The minimum Gasteiger partial charge on any atom is -0.356 e. The molecule has 0 radical (unpaired) electrons. The Bertz CT molecular complexity index is 445. The minimum atomic E-state index is 0. The molecule has 0 bridgehead atoms. The Labute approximate surface area is 148 Å². The van der Waals surface area contributed by atoms with Crippen LogP contribution in [0.5, 0.6) is 0 Å². The molecule has 1 saturated heterocycles. The minimum absolute atomic E-state index is 0. The zero-order valence-corrected chi connectivity index (χ0v) is 15.7. The van der Waals surface area contributed by atoms with E-state index in [0.29, 0.717) is 0 Å². The maximum Gasteiger partial charge on any atom is 0.191 e. The predicted molar refractivity (Wildman–Crippen MR) is 101 cm³/mol. The van der Waals surface area contributed by atoms with Gasteiger partial charge in [0.25, 0.3) is 0 Å². The quantitative estimate of drug-likeness (QED) is 0.437. The van der Waals surface area contributed by atoms with Crippen LogP contribution in [0.25, 0.3) is 0 Å². The van der Waals surface area contributed by atoms with Gasteiger partial charge in [-0.2, -0.15) is 0 Å². The number of nitrogens with zero attached hydrogens (tertiary/aromatic N) is 2. The number of hydrogen-bond acceptors (Lipinski definition) is 3. The summed E-state index contributed by atoms with van der Waals surface area (Å²) < 4.78 is 0. The van der Waals surface area contributed by atoms with Crippen LogP contribution >= 0.6 is 35.3 Å². The molecule has 118 valence electrons. The van der Waals surface area contributed by atoms with E-state index in [4.69, 9.17) is 0 Å². The molecule has 1 saturated carbocycles. The van der Waals surface area contributed by atoms with Crippen LogP contribution in [0.2, 0.25) is 0 Å². The third-order valence-electron chi connectivity index (χ3n) is 4.17. The van der Waals surface area contributed by atoms with Crippen molar-refractivity contribution in [2.75, 3.05) is 26.7 Å². The fourth-order valence-corrected chi connectivity index (χ4v) is 3.49. The van der Waals surface area contributed by atoms with Gasteiger partial charge in [-0.25, -0.2) is 0 Å². The van der Waals surface area contributed by atoms with Crippen LogP contribution in [0.15, 0.2) is 22.5 Å². The van der Waals surface area contributed by atoms with E-state index in [1.807, 2.05) is 7.05 Å². The summed E-state index contributed by atoms with van der Waals surface area (Å²) in [5.41, 5.74) is 0. The van der Waals surface area contributed by atoms with Crippen LogP contribution in [-0.4, -0.2) is 43.6 Å². The van der Waals surface area contributed by atoms with Crippen LogP contribution in [0.3, 0.4) is 0 Å². The number of rotatable bonds is 5. The lowest BCUT2D eigenvalue weighted by Gasteiger charge is -2.16. The van der Waals surface area contributed by atoms with E-state index in [0.717, 1.165) is 31.0 Å². The third kappa shape index (κ3) is 5.10. The molecule has 2 aliphatic rings. The van der Waals surface area contributed by atoms with Crippen molar-refractivity contribution in [1.29, 1.82) is 0 Å². The monoisotopic (exact) mass is 420 g/mol. The Hall–Kier alpha value is -0.340. The van der Waals surface area contributed by atoms with Crippen molar-refractivity contribution in [3.05, 3.63) is 22.4 Å². The lowest BCUT2D eigenvalue weighted by Crippen LogP contribution is -2.39. The molecule has 2 N–H and O–H groups in total. The van der Waals surface area contributed by atoms with E-state index in [9.17, 15) is 0 Å². The molecule has 21 heavy (non-hydrogen) atoms. The molecule has 0 amide bonds. The van der Waals surface area contributed by atoms with Gasteiger partial charge in [-0.15, -0.1) is 35.3 Å². The van der Waals surface area contributed by atoms with Gasteiger partial charge in [-0.05, 0) is 43.2 Å². The number of aliphatic imine (C=N–C) groups is 1. The molecule has 4 nitrogen and oxygen atoms in total. The molecule has 3 rings (SSSR count). The number of thiophene rings is 1. The first-order chi connectivity index (χ1) is 9.85. The predicted octanol–water partition coefficient (Wildman–Crippen LogP) is 2.52. The lowest BCUT2D eigenvalue weighted by atomic mass is 10.1. The highest BCUT2D eigenvalue weighted by Gasteiger charge is 2.34. The Morgan fingerprint density at radius 3 is 2.90 bits per heavy atom. The second-order valence-corrected chi connectivity index (χ2v) is 6.80. The standard InChI is InChI=1S/C15H24N4S.HI/c1-16-15(18-10-14-3-2-8-20-14)17-9-12-6-7-19(11-12)13-4-5-13;/h2-3,8,12-13H,4-7,9-11H2,1H3,(H2,16,17,18);1H. The lowest BCUT2D eigenvalue weighted by molar-refractivity contribution is 0.314. The van der Waals surface area contributed by atoms with Crippen molar-refractivity contribution in [3.8, 4) is 0 Å². The first-order valence-corrected chi connectivity index (χ1v) is 8.44. The summed E-state index contributed by atoms with van der Waals surface area (Å²) >= 11 is 1.78. The van der Waals surface area contributed by atoms with Crippen molar-refractivity contribution in [1.82, 2.24) is 15.5 Å². The molecule has 1 atom stereocenters. The molecule has 1 aromatic heterocycles. The summed E-state index contributed by atoms with van der Waals surface area (Å²) in [4.78, 5) is 8.30. The van der Waals surface area contributed by atoms with Crippen molar-refractivity contribution < 1.29 is 0 Å². The fraction of sp³-hybridized carbons (Fsp3) is 0.667. The van der Waals surface area contributed by atoms with Gasteiger partial charge in [0.2, 0.25) is 0 Å². The highest BCUT2D eigenvalue weighted by atomic mass is 127. The van der Waals surface area contributed by atoms with Gasteiger partial charge < -0.3 is 15.5 Å². The zero-order valence-electron chi connectivity index (χ0n) is 12.5. The zero-order chi connectivity index (χ0) is 13.8. The SMILES string of the molecule is CN=C(NCc1cccs1)NCC1CCN(C2CC2)C1.I. The average molecular weight is 420 g/mol. The largest absolute Gasteiger partial charge is 0.356 e. The van der Waals surface area contributed by atoms with Crippen LogP contribution in [0.4, 0.5) is 0 Å². The smallest absolute Gasteiger partial charge is 0.191 e. The summed E-state index contributed by atoms with van der Waals surface area (Å²) in [7, 11) is 1.84. The van der Waals surface area contributed by atoms with Crippen molar-refractivity contribution in [2.45, 2.75) is 31.8 Å². The van der Waals surface area contributed by atoms with Crippen LogP contribution in [0.1, 0.15) is 24.1 Å². The second kappa shape index (κ2) is 8.33. The molecule has 6 heteroatoms. The van der Waals surface area contributed by atoms with E-state index < -0.39 is 0 Å². The number of nitrogens with one attached hydrogen (secondary N) is 2. The van der Waals surface area contributed by atoms with Gasteiger partial charge in [-0.3, -0.25) is 4.99 Å². The molecule has 2 heterocycles. The van der Waals surface area contributed by atoms with Gasteiger partial charge in [0.1, 0.15) is 0 Å². The molecular formula is C15H25IN4S. The Balaban J connectivity index is 0.00000161. The van der Waals surface area contributed by atoms with Crippen LogP contribution in [-0.2, 0) is 6.54 Å². The topological polar surface area (TPSA) is 39.7 Å². The average Bonchev–Trinajstić information content (AvgIpc) is 3.01. The van der Waals surface area contributed by atoms with Crippen molar-refractivity contribution in [2.24, 2.45) is 10.9 Å². The highest BCUT2D eigenvalue weighted by Crippen LogP contribution is 2.31. The van der Waals surface area contributed by atoms with E-state index in [2.05, 4.69) is 38.0 Å². The Kier molecular flexibility index (Phi) is 6.75. The first kappa shape index (κ1) is 17.0. The van der Waals surface area contributed by atoms with Crippen molar-refractivity contribution >= 4 is 41.3 Å². The molecule has 0 aromatic carbocycles. The van der Waals surface area contributed by atoms with E-state index in [1.54, 1.807) is 11.3 Å². The molecule has 1 aliphatic heterocycles. The van der Waals surface area contributed by atoms with E-state index in [-0.39, 0.29) is 24.0 Å². The highest BCUT2D eigenvalue weighted by molar-refractivity contribution is 14.0. The molecule has 1 aliphatic carbocycles. The van der Waals surface area contributed by atoms with E-state index in [1.165, 1.54) is 37.2 Å². The van der Waals surface area contributed by atoms with Gasteiger partial charge in [0.05, 0.1) is 6.54 Å². The van der Waals surface area contributed by atoms with Gasteiger partial charge in [0, 0.05) is 31.1 Å². The Morgan fingerprint density at radius 1 is 1.38 bits per heavy atom. The summed E-state index contributed by atoms with van der Waals surface area (Å²) in [5.74, 6) is 1.69. The summed E-state index contributed by atoms with van der Waals surface area (Å²) in [6, 6.07) is 5.15. The molecule has 1 unspecified atom stereocenters. The number of likely N-dealkylation sites (tertiary alicyclic amines) is 1. The van der Waals surface area contributed by atoms with Gasteiger partial charge >= 0.3 is 0 Å². The number of guanidine groups is 1.